The van der Waals surface area contributed by atoms with Gasteiger partial charge in [-0.15, -0.1) is 0 Å². The standard InChI is InChI=1S/C29H35FN6O8/c1-16-12-17(6-7-18(16)30)13-31-21(38)19-20(37)23(40)36-14-28(15-44-26(43)25(42)35(4)5)8-10-29(11-9-28,27(36)32-19)33-22(39)24(41)34(2)3/h6-7,12,19H,8-11,13-15H2,1-5H3,(H,31,38)(H,33,39). The zero-order valence-corrected chi connectivity index (χ0v) is 25.2. The number of hydrogen-bond acceptors (Lipinski definition) is 9. The van der Waals surface area contributed by atoms with Crippen LogP contribution in [0.25, 0.3) is 0 Å². The van der Waals surface area contributed by atoms with Crippen molar-refractivity contribution in [3.63, 3.8) is 0 Å². The van der Waals surface area contributed by atoms with Gasteiger partial charge in [-0.1, -0.05) is 12.1 Å². The van der Waals surface area contributed by atoms with Crippen molar-refractivity contribution < 1.29 is 42.7 Å². The molecule has 15 heteroatoms. The van der Waals surface area contributed by atoms with Crippen LogP contribution in [0, 0.1) is 18.2 Å². The van der Waals surface area contributed by atoms with Crippen molar-refractivity contribution in [3.8, 4) is 0 Å². The number of hydrogen-bond donors (Lipinski definition) is 2. The highest BCUT2D eigenvalue weighted by Gasteiger charge is 2.58. The van der Waals surface area contributed by atoms with Crippen molar-refractivity contribution in [1.82, 2.24) is 25.3 Å². The van der Waals surface area contributed by atoms with Gasteiger partial charge >= 0.3 is 23.7 Å². The molecule has 3 heterocycles. The van der Waals surface area contributed by atoms with Crippen LogP contribution in [0.3, 0.4) is 0 Å². The molecule has 44 heavy (non-hydrogen) atoms. The number of ether oxygens (including phenoxy) is 1. The first-order chi connectivity index (χ1) is 20.6. The maximum Gasteiger partial charge on any atom is 0.397 e. The van der Waals surface area contributed by atoms with Gasteiger partial charge in [-0.05, 0) is 49.8 Å². The minimum Gasteiger partial charge on any atom is -0.458 e. The fourth-order valence-corrected chi connectivity index (χ4v) is 5.64. The number of halogens is 1. The number of likely N-dealkylation sites (N-methyl/N-ethyl adjacent to an activating group) is 2. The number of nitrogens with one attached hydrogen (secondary N) is 2. The molecular formula is C29H35FN6O8. The summed E-state index contributed by atoms with van der Waals surface area (Å²) in [5, 5.41) is 5.28. The van der Waals surface area contributed by atoms with Crippen molar-refractivity contribution in [2.24, 2.45) is 10.4 Å². The maximum absolute atomic E-state index is 13.7. The fraction of sp³-hybridized carbons (Fsp3) is 0.517. The molecular weight excluding hydrogens is 579 g/mol. The minimum absolute atomic E-state index is 0.0464. The van der Waals surface area contributed by atoms with Crippen LogP contribution in [-0.4, -0.2) is 115 Å². The van der Waals surface area contributed by atoms with E-state index in [1.165, 1.54) is 46.4 Å². The van der Waals surface area contributed by atoms with E-state index in [0.29, 0.717) is 11.1 Å². The normalized spacial score (nSPS) is 24.0. The highest BCUT2D eigenvalue weighted by atomic mass is 19.1. The Balaban J connectivity index is 1.66. The molecule has 0 aromatic heterocycles. The lowest BCUT2D eigenvalue weighted by atomic mass is 9.69. The molecule has 2 N–H and O–H groups in total. The van der Waals surface area contributed by atoms with Crippen LogP contribution in [0.5, 0.6) is 0 Å². The summed E-state index contributed by atoms with van der Waals surface area (Å²) in [6.07, 6.45) is 0.812. The van der Waals surface area contributed by atoms with E-state index in [1.54, 1.807) is 6.92 Å². The summed E-state index contributed by atoms with van der Waals surface area (Å²) >= 11 is 0. The lowest BCUT2D eigenvalue weighted by Gasteiger charge is -2.42. The Morgan fingerprint density at radius 3 is 2.25 bits per heavy atom. The van der Waals surface area contributed by atoms with Crippen LogP contribution >= 0.6 is 0 Å². The molecule has 5 rings (SSSR count). The lowest BCUT2D eigenvalue weighted by Crippen LogP contribution is -2.65. The Hall–Kier alpha value is -4.69. The van der Waals surface area contributed by atoms with Crippen LogP contribution in [0.4, 0.5) is 4.39 Å². The third kappa shape index (κ3) is 6.17. The molecule has 1 aromatic rings. The molecule has 4 aliphatic rings. The van der Waals surface area contributed by atoms with Crippen LogP contribution in [-0.2, 0) is 44.8 Å². The van der Waals surface area contributed by atoms with Gasteiger partial charge in [0, 0.05) is 46.7 Å². The molecule has 1 saturated carbocycles. The summed E-state index contributed by atoms with van der Waals surface area (Å²) in [7, 11) is 5.59. The molecule has 1 aliphatic carbocycles. The van der Waals surface area contributed by atoms with Crippen LogP contribution in [0.2, 0.25) is 0 Å². The molecule has 1 unspecified atom stereocenters. The molecule has 1 aromatic carbocycles. The van der Waals surface area contributed by atoms with E-state index in [2.05, 4.69) is 15.6 Å². The highest BCUT2D eigenvalue weighted by Crippen LogP contribution is 2.47. The summed E-state index contributed by atoms with van der Waals surface area (Å²) in [6.45, 7) is 1.11. The third-order valence-electron chi connectivity index (χ3n) is 8.28. The number of aliphatic imine (C=N–C) groups is 1. The zero-order valence-electron chi connectivity index (χ0n) is 25.2. The van der Waals surface area contributed by atoms with Gasteiger partial charge in [-0.3, -0.25) is 33.7 Å². The van der Waals surface area contributed by atoms with E-state index >= 15 is 0 Å². The van der Waals surface area contributed by atoms with Gasteiger partial charge in [0.15, 0.2) is 6.04 Å². The summed E-state index contributed by atoms with van der Waals surface area (Å²) in [6, 6.07) is 2.49. The Kier molecular flexibility index (Phi) is 8.88. The number of Topliss-reactive ketones (excluding diaryl/α,β-unsaturated/α-hetero) is 1. The summed E-state index contributed by atoms with van der Waals surface area (Å²) in [5.41, 5.74) is -1.37. The van der Waals surface area contributed by atoms with E-state index in [4.69, 9.17) is 4.74 Å². The number of nitrogens with zero attached hydrogens (tertiary/aromatic N) is 4. The number of benzene rings is 1. The van der Waals surface area contributed by atoms with Gasteiger partial charge in [0.05, 0.1) is 12.1 Å². The van der Waals surface area contributed by atoms with E-state index < -0.39 is 64.1 Å². The molecule has 3 fully saturated rings. The number of amides is 5. The number of carbonyl (C=O) groups excluding carboxylic acids is 7. The Bertz CT molecular complexity index is 1460. The monoisotopic (exact) mass is 614 g/mol. The first-order valence-corrected chi connectivity index (χ1v) is 14.0. The van der Waals surface area contributed by atoms with Crippen LogP contribution < -0.4 is 10.6 Å². The molecule has 236 valence electrons. The Morgan fingerprint density at radius 2 is 1.66 bits per heavy atom. The Morgan fingerprint density at radius 1 is 1.02 bits per heavy atom. The van der Waals surface area contributed by atoms with Gasteiger partial charge in [0.25, 0.3) is 17.6 Å². The van der Waals surface area contributed by atoms with Gasteiger partial charge in [0.2, 0.25) is 0 Å². The predicted molar refractivity (Wildman–Crippen MR) is 151 cm³/mol. The van der Waals surface area contributed by atoms with E-state index in [9.17, 15) is 38.0 Å². The number of rotatable bonds is 6. The van der Waals surface area contributed by atoms with Gasteiger partial charge in [-0.25, -0.2) is 14.2 Å². The minimum atomic E-state index is -1.77. The second kappa shape index (κ2) is 12.1. The topological polar surface area (TPSA) is 175 Å². The second-order valence-corrected chi connectivity index (χ2v) is 11.9. The molecule has 0 radical (unpaired) electrons. The van der Waals surface area contributed by atoms with Gasteiger partial charge < -0.3 is 25.2 Å². The number of esters is 1. The first-order valence-electron chi connectivity index (χ1n) is 14.0. The molecule has 2 bridgehead atoms. The number of fused-ring (bicyclic) bond motifs is 2. The second-order valence-electron chi connectivity index (χ2n) is 11.9. The van der Waals surface area contributed by atoms with Crippen molar-refractivity contribution in [3.05, 3.63) is 35.1 Å². The van der Waals surface area contributed by atoms with E-state index in [1.807, 2.05) is 0 Å². The average Bonchev–Trinajstić information content (AvgIpc) is 3.20. The molecule has 5 amide bonds. The SMILES string of the molecule is Cc1cc(CNC(=O)C2N=C3N(CC4(COC(=O)C(=O)N(C)C)CCC3(NC(=O)C(=O)N(C)C)CC4)C(=O)C2=O)ccc1F. The smallest absolute Gasteiger partial charge is 0.397 e. The highest BCUT2D eigenvalue weighted by molar-refractivity contribution is 6.46. The van der Waals surface area contributed by atoms with Crippen molar-refractivity contribution in [1.29, 1.82) is 0 Å². The van der Waals surface area contributed by atoms with Crippen molar-refractivity contribution >= 4 is 47.1 Å². The lowest BCUT2D eigenvalue weighted by molar-refractivity contribution is -0.162. The largest absolute Gasteiger partial charge is 0.458 e. The number of aryl methyl sites for hydroxylation is 1. The zero-order chi connectivity index (χ0) is 32.6. The average molecular weight is 615 g/mol. The molecule has 1 atom stereocenters. The summed E-state index contributed by atoms with van der Waals surface area (Å²) in [4.78, 5) is 97.5. The van der Waals surface area contributed by atoms with Crippen molar-refractivity contribution in [2.45, 2.75) is 50.7 Å². The number of carbonyl (C=O) groups is 7. The van der Waals surface area contributed by atoms with Crippen LogP contribution in [0.1, 0.15) is 36.8 Å². The van der Waals surface area contributed by atoms with E-state index in [-0.39, 0.29) is 51.2 Å². The molecule has 0 spiro atoms. The number of ketones is 1. The fourth-order valence-electron chi connectivity index (χ4n) is 5.64. The molecule has 3 aliphatic heterocycles. The quantitative estimate of drug-likeness (QED) is 0.235. The maximum atomic E-state index is 13.7. The Labute approximate surface area is 252 Å². The van der Waals surface area contributed by atoms with E-state index in [0.717, 1.165) is 14.7 Å². The first kappa shape index (κ1) is 32.2. The summed E-state index contributed by atoms with van der Waals surface area (Å²) in [5.74, 6) is -7.26. The third-order valence-corrected chi connectivity index (χ3v) is 8.28. The summed E-state index contributed by atoms with van der Waals surface area (Å²) < 4.78 is 19.0. The predicted octanol–water partition coefficient (Wildman–Crippen LogP) is -0.923. The molecule has 14 nitrogen and oxygen atoms in total. The van der Waals surface area contributed by atoms with Crippen LogP contribution in [0.15, 0.2) is 23.2 Å². The van der Waals surface area contributed by atoms with Gasteiger partial charge in [0.1, 0.15) is 11.7 Å². The molecule has 2 saturated heterocycles. The number of amidine groups is 1. The van der Waals surface area contributed by atoms with Crippen molar-refractivity contribution in [2.75, 3.05) is 41.3 Å². The van der Waals surface area contributed by atoms with Gasteiger partial charge in [-0.2, -0.15) is 0 Å².